The molecule has 2 aromatic heterocycles. The number of H-pyrrole nitrogens is 1. The molecule has 11 nitrogen and oxygen atoms in total. The molecule has 1 aliphatic rings. The van der Waals surface area contributed by atoms with E-state index in [1.54, 1.807) is 24.4 Å². The van der Waals surface area contributed by atoms with Crippen LogP contribution in [0, 0.1) is 11.5 Å². The summed E-state index contributed by atoms with van der Waals surface area (Å²) in [5, 5.41) is 12.9. The van der Waals surface area contributed by atoms with Gasteiger partial charge in [0.05, 0.1) is 11.1 Å². The Morgan fingerprint density at radius 1 is 1.04 bits per heavy atom. The minimum absolute atomic E-state index is 0.111. The SMILES string of the molecule is CC(C)[Si](C#Cc1cc(=O)[nH]c2nc(Nc3ccc(N4CCN(C)CC4)c(S(=O)(=O)NCCCO)c3)ncc12)(C(C)C)C(C)C. The van der Waals surface area contributed by atoms with Gasteiger partial charge in [0.15, 0.2) is 0 Å². The van der Waals surface area contributed by atoms with E-state index in [2.05, 4.69) is 87.8 Å². The zero-order chi connectivity index (χ0) is 32.9. The van der Waals surface area contributed by atoms with Gasteiger partial charge >= 0.3 is 0 Å². The Morgan fingerprint density at radius 2 is 1.71 bits per heavy atom. The average molecular weight is 654 g/mol. The number of nitrogens with one attached hydrogen (secondary N) is 3. The number of hydrogen-bond acceptors (Lipinski definition) is 9. The summed E-state index contributed by atoms with van der Waals surface area (Å²) < 4.78 is 29.4. The molecule has 0 radical (unpaired) electrons. The number of fused-ring (bicyclic) bond motifs is 1. The molecule has 4 N–H and O–H groups in total. The minimum atomic E-state index is -3.88. The fourth-order valence-electron chi connectivity index (χ4n) is 6.42. The molecule has 1 saturated heterocycles. The number of aliphatic hydroxyl groups is 1. The van der Waals surface area contributed by atoms with E-state index < -0.39 is 18.1 Å². The lowest BCUT2D eigenvalue weighted by molar-refractivity contribution is 0.289. The van der Waals surface area contributed by atoms with Gasteiger partial charge in [-0.05, 0) is 48.3 Å². The van der Waals surface area contributed by atoms with E-state index in [9.17, 15) is 13.2 Å². The van der Waals surface area contributed by atoms with Gasteiger partial charge in [0, 0.05) is 62.8 Å². The van der Waals surface area contributed by atoms with Gasteiger partial charge in [0.1, 0.15) is 18.6 Å². The van der Waals surface area contributed by atoms with Crippen LogP contribution in [-0.2, 0) is 10.0 Å². The molecule has 1 fully saturated rings. The van der Waals surface area contributed by atoms with Crippen molar-refractivity contribution in [1.82, 2.24) is 24.6 Å². The molecule has 4 rings (SSSR count). The maximum absolute atomic E-state index is 13.4. The standard InChI is InChI=1S/C32H47N7O4SSi/c1-22(2)45(23(3)4,24(5)6)18-11-25-19-30(41)36-31-27(25)21-33-32(37-31)35-26-9-10-28(39-15-13-38(7)14-16-39)29(20-26)44(42,43)34-12-8-17-40/h9-10,19-24,34,40H,8,12-17H2,1-7H3,(H2,33,35,36,37,41). The zero-order valence-corrected chi connectivity index (χ0v) is 29.3. The normalized spacial score (nSPS) is 14.8. The summed E-state index contributed by atoms with van der Waals surface area (Å²) in [6.07, 6.45) is 1.95. The fraction of sp³-hybridized carbons (Fsp3) is 0.531. The van der Waals surface area contributed by atoms with Gasteiger partial charge < -0.3 is 25.2 Å². The van der Waals surface area contributed by atoms with Crippen molar-refractivity contribution in [3.8, 4) is 11.5 Å². The second kappa shape index (κ2) is 14.4. The second-order valence-electron chi connectivity index (χ2n) is 12.7. The first kappa shape index (κ1) is 34.6. The number of pyridine rings is 1. The van der Waals surface area contributed by atoms with E-state index >= 15 is 0 Å². The summed E-state index contributed by atoms with van der Waals surface area (Å²) in [7, 11) is -3.86. The lowest BCUT2D eigenvalue weighted by Crippen LogP contribution is -2.45. The molecule has 1 aromatic carbocycles. The highest BCUT2D eigenvalue weighted by Gasteiger charge is 2.41. The first-order valence-corrected chi connectivity index (χ1v) is 19.4. The molecule has 0 unspecified atom stereocenters. The highest BCUT2D eigenvalue weighted by molar-refractivity contribution is 7.89. The van der Waals surface area contributed by atoms with Crippen LogP contribution in [0.15, 0.2) is 40.2 Å². The molecule has 45 heavy (non-hydrogen) atoms. The predicted molar refractivity (Wildman–Crippen MR) is 184 cm³/mol. The number of hydrogen-bond donors (Lipinski definition) is 4. The van der Waals surface area contributed by atoms with Crippen LogP contribution >= 0.6 is 0 Å². The molecule has 244 valence electrons. The van der Waals surface area contributed by atoms with Crippen molar-refractivity contribution in [2.24, 2.45) is 0 Å². The van der Waals surface area contributed by atoms with E-state index in [-0.39, 0.29) is 29.6 Å². The number of aromatic amines is 1. The Bertz CT molecular complexity index is 1700. The van der Waals surface area contributed by atoms with Crippen LogP contribution in [0.4, 0.5) is 17.3 Å². The number of sulfonamides is 1. The summed E-state index contributed by atoms with van der Waals surface area (Å²) in [5.74, 6) is 3.57. The van der Waals surface area contributed by atoms with Gasteiger partial charge in [-0.15, -0.1) is 5.54 Å². The Morgan fingerprint density at radius 3 is 2.33 bits per heavy atom. The van der Waals surface area contributed by atoms with Crippen LogP contribution in [0.3, 0.4) is 0 Å². The predicted octanol–water partition coefficient (Wildman–Crippen LogP) is 4.04. The van der Waals surface area contributed by atoms with E-state index in [0.717, 1.165) is 13.1 Å². The van der Waals surface area contributed by atoms with Gasteiger partial charge in [-0.2, -0.15) is 4.98 Å². The highest BCUT2D eigenvalue weighted by Crippen LogP contribution is 2.41. The fourth-order valence-corrected chi connectivity index (χ4v) is 13.0. The molecule has 0 bridgehead atoms. The average Bonchev–Trinajstić information content (AvgIpc) is 2.97. The number of aromatic nitrogens is 3. The Balaban J connectivity index is 1.71. The molecule has 13 heteroatoms. The van der Waals surface area contributed by atoms with Crippen molar-refractivity contribution >= 4 is 46.5 Å². The number of anilines is 3. The number of aliphatic hydroxyl groups excluding tert-OH is 1. The quantitative estimate of drug-likeness (QED) is 0.137. The van der Waals surface area contributed by atoms with Crippen LogP contribution in [0.1, 0.15) is 53.5 Å². The van der Waals surface area contributed by atoms with Crippen molar-refractivity contribution in [2.75, 3.05) is 56.6 Å². The maximum Gasteiger partial charge on any atom is 0.250 e. The van der Waals surface area contributed by atoms with Gasteiger partial charge in [0.2, 0.25) is 16.0 Å². The summed E-state index contributed by atoms with van der Waals surface area (Å²) in [4.78, 5) is 29.0. The van der Waals surface area contributed by atoms with Crippen LogP contribution in [0.5, 0.6) is 0 Å². The highest BCUT2D eigenvalue weighted by atomic mass is 32.2. The molecule has 1 aliphatic heterocycles. The third kappa shape index (κ3) is 7.75. The first-order chi connectivity index (χ1) is 21.3. The minimum Gasteiger partial charge on any atom is -0.396 e. The summed E-state index contributed by atoms with van der Waals surface area (Å²) in [6, 6.07) is 6.66. The Labute approximate surface area is 267 Å². The molecule has 0 saturated carbocycles. The van der Waals surface area contributed by atoms with Gasteiger partial charge in [0.25, 0.3) is 5.56 Å². The zero-order valence-electron chi connectivity index (χ0n) is 27.4. The van der Waals surface area contributed by atoms with Crippen molar-refractivity contribution in [3.63, 3.8) is 0 Å². The second-order valence-corrected chi connectivity index (χ2v) is 20.0. The summed E-state index contributed by atoms with van der Waals surface area (Å²) >= 11 is 0. The van der Waals surface area contributed by atoms with E-state index in [1.165, 1.54) is 6.07 Å². The van der Waals surface area contributed by atoms with Crippen LogP contribution < -0.4 is 20.5 Å². The van der Waals surface area contributed by atoms with Crippen molar-refractivity contribution in [1.29, 1.82) is 0 Å². The number of likely N-dealkylation sites (N-methyl/N-ethyl adjacent to an activating group) is 1. The van der Waals surface area contributed by atoms with Crippen molar-refractivity contribution in [2.45, 2.75) is 69.5 Å². The molecule has 0 spiro atoms. The summed E-state index contributed by atoms with van der Waals surface area (Å²) in [6.45, 7) is 16.5. The van der Waals surface area contributed by atoms with Crippen molar-refractivity contribution in [3.05, 3.63) is 46.4 Å². The molecular weight excluding hydrogens is 607 g/mol. The topological polar surface area (TPSA) is 144 Å². The van der Waals surface area contributed by atoms with Gasteiger partial charge in [-0.1, -0.05) is 47.5 Å². The Hall–Kier alpha value is -3.28. The van der Waals surface area contributed by atoms with E-state index in [4.69, 9.17) is 5.11 Å². The first-order valence-electron chi connectivity index (χ1n) is 15.7. The lowest BCUT2D eigenvalue weighted by Gasteiger charge is -2.38. The van der Waals surface area contributed by atoms with E-state index in [1.807, 2.05) is 7.05 Å². The molecular formula is C32H47N7O4SSi. The lowest BCUT2D eigenvalue weighted by atomic mass is 10.2. The maximum atomic E-state index is 13.4. The number of benzene rings is 1. The monoisotopic (exact) mass is 653 g/mol. The number of rotatable bonds is 11. The third-order valence-corrected chi connectivity index (χ3v) is 16.6. The largest absolute Gasteiger partial charge is 0.396 e. The molecule has 3 aromatic rings. The van der Waals surface area contributed by atoms with Crippen LogP contribution in [-0.4, -0.2) is 87.8 Å². The molecule has 0 aliphatic carbocycles. The van der Waals surface area contributed by atoms with E-state index in [0.29, 0.717) is 64.1 Å². The van der Waals surface area contributed by atoms with Crippen LogP contribution in [0.25, 0.3) is 11.0 Å². The van der Waals surface area contributed by atoms with Crippen LogP contribution in [0.2, 0.25) is 16.6 Å². The number of nitrogens with zero attached hydrogens (tertiary/aromatic N) is 4. The molecule has 0 amide bonds. The third-order valence-electron chi connectivity index (χ3n) is 8.85. The molecule has 0 atom stereocenters. The smallest absolute Gasteiger partial charge is 0.250 e. The van der Waals surface area contributed by atoms with Gasteiger partial charge in [-0.3, -0.25) is 4.79 Å². The summed E-state index contributed by atoms with van der Waals surface area (Å²) in [5.41, 5.74) is 6.76. The molecule has 3 heterocycles. The Kier molecular flexibility index (Phi) is 11.1. The number of piperazine rings is 1. The van der Waals surface area contributed by atoms with Crippen molar-refractivity contribution < 1.29 is 13.5 Å². The van der Waals surface area contributed by atoms with Gasteiger partial charge in [-0.25, -0.2) is 18.1 Å².